The first kappa shape index (κ1) is 17.8. The molecule has 0 bridgehead atoms. The summed E-state index contributed by atoms with van der Waals surface area (Å²) in [6.45, 7) is 7.34. The van der Waals surface area contributed by atoms with E-state index in [0.717, 1.165) is 23.4 Å². The highest BCUT2D eigenvalue weighted by Gasteiger charge is 2.20. The predicted octanol–water partition coefficient (Wildman–Crippen LogP) is 2.44. The van der Waals surface area contributed by atoms with Gasteiger partial charge in [-0.3, -0.25) is 9.36 Å². The van der Waals surface area contributed by atoms with E-state index >= 15 is 0 Å². The second kappa shape index (κ2) is 7.64. The maximum atomic E-state index is 12.2. The Morgan fingerprint density at radius 1 is 1.38 bits per heavy atom. The van der Waals surface area contributed by atoms with Gasteiger partial charge in [0.25, 0.3) is 0 Å². The molecule has 0 saturated heterocycles. The molecule has 6 heteroatoms. The van der Waals surface area contributed by atoms with Crippen molar-refractivity contribution in [1.82, 2.24) is 9.55 Å². The third-order valence-corrected chi connectivity index (χ3v) is 4.46. The van der Waals surface area contributed by atoms with Crippen LogP contribution in [-0.2, 0) is 11.2 Å². The highest BCUT2D eigenvalue weighted by Crippen LogP contribution is 2.20. The van der Waals surface area contributed by atoms with Gasteiger partial charge in [0.15, 0.2) is 0 Å². The molecule has 5 nitrogen and oxygen atoms in total. The Hall–Kier alpha value is -1.30. The number of rotatable bonds is 7. The molecule has 0 amide bonds. The minimum absolute atomic E-state index is 0.0666. The second-order valence-corrected chi connectivity index (χ2v) is 6.47. The minimum Gasteiger partial charge on any atom is -0.481 e. The zero-order valence-corrected chi connectivity index (χ0v) is 14.2. The van der Waals surface area contributed by atoms with E-state index < -0.39 is 11.9 Å². The SMILES string of the molecule is CSCCC(C)n1c(C)c(CC(C)C(=O)O)c(C)nc1=O. The van der Waals surface area contributed by atoms with Gasteiger partial charge in [0.1, 0.15) is 0 Å². The quantitative estimate of drug-likeness (QED) is 0.837. The normalized spacial score (nSPS) is 14.0. The number of nitrogens with zero attached hydrogens (tertiary/aromatic N) is 2. The summed E-state index contributed by atoms with van der Waals surface area (Å²) in [5.41, 5.74) is 2.11. The number of thioether (sulfide) groups is 1. The molecule has 1 aromatic heterocycles. The topological polar surface area (TPSA) is 72.2 Å². The average molecular weight is 312 g/mol. The lowest BCUT2D eigenvalue weighted by atomic mass is 9.98. The lowest BCUT2D eigenvalue weighted by molar-refractivity contribution is -0.141. The molecular formula is C15H24N2O3S. The van der Waals surface area contributed by atoms with Crippen LogP contribution in [0.5, 0.6) is 0 Å². The lowest BCUT2D eigenvalue weighted by Gasteiger charge is -2.21. The van der Waals surface area contributed by atoms with Crippen molar-refractivity contribution < 1.29 is 9.90 Å². The van der Waals surface area contributed by atoms with E-state index in [9.17, 15) is 9.59 Å². The van der Waals surface area contributed by atoms with Crippen LogP contribution in [0.1, 0.15) is 43.3 Å². The van der Waals surface area contributed by atoms with Crippen molar-refractivity contribution in [3.05, 3.63) is 27.4 Å². The summed E-state index contributed by atoms with van der Waals surface area (Å²) in [6.07, 6.45) is 3.33. The molecule has 2 unspecified atom stereocenters. The van der Waals surface area contributed by atoms with Gasteiger partial charge in [-0.05, 0) is 51.2 Å². The van der Waals surface area contributed by atoms with Gasteiger partial charge < -0.3 is 5.11 Å². The van der Waals surface area contributed by atoms with Crippen LogP contribution in [-0.4, -0.2) is 32.6 Å². The van der Waals surface area contributed by atoms with Gasteiger partial charge in [0.2, 0.25) is 0 Å². The molecule has 1 N–H and O–H groups in total. The standard InChI is InChI=1S/C15H24N2O3S/c1-9(14(18)19)8-13-11(3)16-15(20)17(12(13)4)10(2)6-7-21-5/h9-10H,6-8H2,1-5H3,(H,18,19). The molecule has 1 heterocycles. The molecular weight excluding hydrogens is 288 g/mol. The van der Waals surface area contributed by atoms with E-state index in [2.05, 4.69) is 4.98 Å². The number of hydrogen-bond donors (Lipinski definition) is 1. The van der Waals surface area contributed by atoms with E-state index in [1.807, 2.05) is 20.1 Å². The molecule has 0 aliphatic rings. The minimum atomic E-state index is -0.831. The van der Waals surface area contributed by atoms with Crippen LogP contribution in [0.2, 0.25) is 0 Å². The second-order valence-electron chi connectivity index (χ2n) is 5.49. The van der Waals surface area contributed by atoms with Crippen molar-refractivity contribution in [2.24, 2.45) is 5.92 Å². The van der Waals surface area contributed by atoms with Crippen molar-refractivity contribution in [2.75, 3.05) is 12.0 Å². The fraction of sp³-hybridized carbons (Fsp3) is 0.667. The molecule has 0 aliphatic heterocycles. The molecule has 0 aromatic carbocycles. The van der Waals surface area contributed by atoms with Crippen molar-refractivity contribution in [3.8, 4) is 0 Å². The smallest absolute Gasteiger partial charge is 0.348 e. The molecule has 118 valence electrons. The fourth-order valence-electron chi connectivity index (χ4n) is 2.44. The van der Waals surface area contributed by atoms with E-state index in [0.29, 0.717) is 12.1 Å². The van der Waals surface area contributed by atoms with Crippen molar-refractivity contribution in [2.45, 2.75) is 46.6 Å². The highest BCUT2D eigenvalue weighted by molar-refractivity contribution is 7.98. The lowest BCUT2D eigenvalue weighted by Crippen LogP contribution is -2.31. The monoisotopic (exact) mass is 312 g/mol. The fourth-order valence-corrected chi connectivity index (χ4v) is 3.02. The van der Waals surface area contributed by atoms with Crippen molar-refractivity contribution in [1.29, 1.82) is 0 Å². The van der Waals surface area contributed by atoms with Crippen LogP contribution in [0.3, 0.4) is 0 Å². The van der Waals surface area contributed by atoms with Gasteiger partial charge in [-0.15, -0.1) is 0 Å². The Labute approximate surface area is 129 Å². The summed E-state index contributed by atoms with van der Waals surface area (Å²) in [5, 5.41) is 9.08. The van der Waals surface area contributed by atoms with Crippen LogP contribution >= 0.6 is 11.8 Å². The maximum Gasteiger partial charge on any atom is 0.348 e. The molecule has 1 aromatic rings. The largest absolute Gasteiger partial charge is 0.481 e. The van der Waals surface area contributed by atoms with Crippen LogP contribution in [0.4, 0.5) is 0 Å². The van der Waals surface area contributed by atoms with E-state index in [1.165, 1.54) is 0 Å². The Balaban J connectivity index is 3.22. The van der Waals surface area contributed by atoms with E-state index in [4.69, 9.17) is 5.11 Å². The summed E-state index contributed by atoms with van der Waals surface area (Å²) in [4.78, 5) is 27.3. The van der Waals surface area contributed by atoms with Gasteiger partial charge >= 0.3 is 11.7 Å². The summed E-state index contributed by atoms with van der Waals surface area (Å²) in [6, 6.07) is 0.0666. The zero-order chi connectivity index (χ0) is 16.2. The Kier molecular flexibility index (Phi) is 6.45. The van der Waals surface area contributed by atoms with E-state index in [-0.39, 0.29) is 11.7 Å². The first-order chi connectivity index (χ1) is 9.79. The number of carboxylic acids is 1. The molecule has 21 heavy (non-hydrogen) atoms. The first-order valence-corrected chi connectivity index (χ1v) is 8.49. The first-order valence-electron chi connectivity index (χ1n) is 7.09. The number of carboxylic acid groups (broad SMARTS) is 1. The average Bonchev–Trinajstić information content (AvgIpc) is 2.40. The third-order valence-electron chi connectivity index (χ3n) is 3.82. The number of aromatic nitrogens is 2. The van der Waals surface area contributed by atoms with Gasteiger partial charge in [0.05, 0.1) is 5.92 Å². The molecule has 0 radical (unpaired) electrons. The van der Waals surface area contributed by atoms with Crippen LogP contribution in [0.25, 0.3) is 0 Å². The van der Waals surface area contributed by atoms with Gasteiger partial charge in [-0.2, -0.15) is 16.7 Å². The molecule has 2 atom stereocenters. The predicted molar refractivity (Wildman–Crippen MR) is 86.2 cm³/mol. The zero-order valence-electron chi connectivity index (χ0n) is 13.3. The summed E-state index contributed by atoms with van der Waals surface area (Å²) in [7, 11) is 0. The van der Waals surface area contributed by atoms with Gasteiger partial charge in [-0.25, -0.2) is 4.79 Å². The van der Waals surface area contributed by atoms with Crippen LogP contribution in [0, 0.1) is 19.8 Å². The van der Waals surface area contributed by atoms with Crippen molar-refractivity contribution in [3.63, 3.8) is 0 Å². The number of carbonyl (C=O) groups is 1. The third kappa shape index (κ3) is 4.33. The van der Waals surface area contributed by atoms with Crippen molar-refractivity contribution >= 4 is 17.7 Å². The van der Waals surface area contributed by atoms with Gasteiger partial charge in [0, 0.05) is 17.4 Å². The van der Waals surface area contributed by atoms with E-state index in [1.54, 1.807) is 30.2 Å². The van der Waals surface area contributed by atoms with Crippen LogP contribution < -0.4 is 5.69 Å². The molecule has 0 spiro atoms. The number of aryl methyl sites for hydroxylation is 1. The molecule has 0 fully saturated rings. The van der Waals surface area contributed by atoms with Gasteiger partial charge in [-0.1, -0.05) is 6.92 Å². The Morgan fingerprint density at radius 2 is 2.00 bits per heavy atom. The number of aliphatic carboxylic acids is 1. The molecule has 1 rings (SSSR count). The Bertz CT molecular complexity index is 569. The Morgan fingerprint density at radius 3 is 2.52 bits per heavy atom. The summed E-state index contributed by atoms with van der Waals surface area (Å²) < 4.78 is 1.70. The number of hydrogen-bond acceptors (Lipinski definition) is 4. The summed E-state index contributed by atoms with van der Waals surface area (Å²) >= 11 is 1.74. The maximum absolute atomic E-state index is 12.2. The highest BCUT2D eigenvalue weighted by atomic mass is 32.2. The molecule has 0 aliphatic carbocycles. The summed E-state index contributed by atoms with van der Waals surface area (Å²) in [5.74, 6) is -0.347. The van der Waals surface area contributed by atoms with Crippen LogP contribution in [0.15, 0.2) is 4.79 Å². The molecule has 0 saturated carbocycles.